The predicted molar refractivity (Wildman–Crippen MR) is 118 cm³/mol. The summed E-state index contributed by atoms with van der Waals surface area (Å²) in [5, 5.41) is 18.7. The molecule has 3 aromatic rings. The zero-order chi connectivity index (χ0) is 20.8. The standard InChI is InChI=1S/C23H27N5O2S/c29-11-20-21-9-26(7-17-1-3-19(4-2-17)28-16-24-15-25-28)13-23(21)14-27(10-22(20)30-23)8-18-5-6-31-12-18/h1-6,12,15-16,20-22,29H,7-11,13-14H2/t20-,21+,22+,23-/m0/s1. The van der Waals surface area contributed by atoms with Gasteiger partial charge in [0.05, 0.1) is 17.4 Å². The molecule has 2 aromatic heterocycles. The van der Waals surface area contributed by atoms with Crippen LogP contribution in [0, 0.1) is 11.8 Å². The third-order valence-corrected chi connectivity index (χ3v) is 7.89. The largest absolute Gasteiger partial charge is 0.396 e. The molecule has 3 saturated heterocycles. The van der Waals surface area contributed by atoms with E-state index in [0.717, 1.165) is 45.0 Å². The predicted octanol–water partition coefficient (Wildman–Crippen LogP) is 2.02. The van der Waals surface area contributed by atoms with E-state index in [1.165, 1.54) is 11.1 Å². The number of likely N-dealkylation sites (tertiary alicyclic amines) is 2. The average molecular weight is 438 g/mol. The van der Waals surface area contributed by atoms with Crippen molar-refractivity contribution in [1.29, 1.82) is 0 Å². The van der Waals surface area contributed by atoms with Gasteiger partial charge >= 0.3 is 0 Å². The summed E-state index contributed by atoms with van der Waals surface area (Å²) in [5.74, 6) is 0.622. The maximum atomic E-state index is 10.2. The van der Waals surface area contributed by atoms with Gasteiger partial charge in [-0.2, -0.15) is 16.4 Å². The first-order valence-electron chi connectivity index (χ1n) is 10.9. The number of benzene rings is 1. The Bertz CT molecular complexity index is 1010. The number of aromatic nitrogens is 3. The van der Waals surface area contributed by atoms with E-state index in [2.05, 4.69) is 61.0 Å². The molecule has 3 fully saturated rings. The molecule has 8 heteroatoms. The molecule has 0 saturated carbocycles. The van der Waals surface area contributed by atoms with Crippen molar-refractivity contribution in [2.45, 2.75) is 24.8 Å². The van der Waals surface area contributed by atoms with Gasteiger partial charge in [-0.15, -0.1) is 0 Å². The molecule has 3 aliphatic heterocycles. The van der Waals surface area contributed by atoms with Crippen LogP contribution in [0.3, 0.4) is 0 Å². The molecule has 1 spiro atoms. The molecule has 31 heavy (non-hydrogen) atoms. The summed E-state index contributed by atoms with van der Waals surface area (Å²) in [7, 11) is 0. The van der Waals surface area contributed by atoms with Crippen LogP contribution in [0.1, 0.15) is 11.1 Å². The second-order valence-corrected chi connectivity index (χ2v) is 9.93. The lowest BCUT2D eigenvalue weighted by Crippen LogP contribution is -2.53. The highest BCUT2D eigenvalue weighted by atomic mass is 32.1. The monoisotopic (exact) mass is 437 g/mol. The van der Waals surface area contributed by atoms with Crippen LogP contribution in [-0.4, -0.2) is 74.2 Å². The SMILES string of the molecule is OC[C@H]1[C@H]2CN(Cc3ccc(-n4cncn4)cc3)C[C@]23CN(Cc2ccsc2)C[C@H]1O3. The Morgan fingerprint density at radius 3 is 2.58 bits per heavy atom. The quantitative estimate of drug-likeness (QED) is 0.637. The van der Waals surface area contributed by atoms with Crippen LogP contribution in [-0.2, 0) is 17.8 Å². The van der Waals surface area contributed by atoms with Crippen LogP contribution in [0.25, 0.3) is 5.69 Å². The van der Waals surface area contributed by atoms with Gasteiger partial charge in [0.2, 0.25) is 0 Å². The Morgan fingerprint density at radius 1 is 1.06 bits per heavy atom. The first-order chi connectivity index (χ1) is 15.2. The molecule has 3 aliphatic rings. The van der Waals surface area contributed by atoms with Crippen molar-refractivity contribution >= 4 is 11.3 Å². The smallest absolute Gasteiger partial charge is 0.138 e. The maximum Gasteiger partial charge on any atom is 0.138 e. The lowest BCUT2D eigenvalue weighted by Gasteiger charge is -2.40. The molecule has 4 atom stereocenters. The lowest BCUT2D eigenvalue weighted by atomic mass is 9.83. The van der Waals surface area contributed by atoms with E-state index in [-0.39, 0.29) is 24.2 Å². The van der Waals surface area contributed by atoms with E-state index in [0.29, 0.717) is 5.92 Å². The second kappa shape index (κ2) is 7.79. The molecular weight excluding hydrogens is 410 g/mol. The molecule has 2 bridgehead atoms. The van der Waals surface area contributed by atoms with Crippen molar-refractivity contribution in [2.75, 3.05) is 32.8 Å². The Labute approximate surface area is 185 Å². The summed E-state index contributed by atoms with van der Waals surface area (Å²) >= 11 is 1.75. The third-order valence-electron chi connectivity index (χ3n) is 7.15. The summed E-state index contributed by atoms with van der Waals surface area (Å²) in [6.07, 6.45) is 3.41. The van der Waals surface area contributed by atoms with Gasteiger partial charge in [0.1, 0.15) is 12.7 Å². The molecule has 1 aromatic carbocycles. The summed E-state index contributed by atoms with van der Waals surface area (Å²) in [5.41, 5.74) is 3.51. The Kier molecular flexibility index (Phi) is 4.92. The fourth-order valence-electron chi connectivity index (χ4n) is 5.86. The topological polar surface area (TPSA) is 66.7 Å². The first-order valence-corrected chi connectivity index (χ1v) is 11.9. The highest BCUT2D eigenvalue weighted by Crippen LogP contribution is 2.49. The zero-order valence-corrected chi connectivity index (χ0v) is 18.2. The number of ether oxygens (including phenoxy) is 1. The van der Waals surface area contributed by atoms with Crippen LogP contribution in [0.2, 0.25) is 0 Å². The van der Waals surface area contributed by atoms with Crippen molar-refractivity contribution in [3.8, 4) is 5.69 Å². The number of aliphatic hydroxyl groups is 1. The lowest BCUT2D eigenvalue weighted by molar-refractivity contribution is -0.119. The van der Waals surface area contributed by atoms with Gasteiger partial charge in [-0.25, -0.2) is 9.67 Å². The highest BCUT2D eigenvalue weighted by molar-refractivity contribution is 7.07. The second-order valence-electron chi connectivity index (χ2n) is 9.15. The number of rotatable bonds is 6. The average Bonchev–Trinajstić information content (AvgIpc) is 3.54. The zero-order valence-electron chi connectivity index (χ0n) is 17.4. The molecule has 7 nitrogen and oxygen atoms in total. The Hall–Kier alpha value is -2.10. The van der Waals surface area contributed by atoms with Crippen molar-refractivity contribution in [3.05, 3.63) is 64.9 Å². The number of aliphatic hydroxyl groups excluding tert-OH is 1. The molecule has 6 rings (SSSR count). The van der Waals surface area contributed by atoms with Crippen LogP contribution in [0.15, 0.2) is 53.7 Å². The van der Waals surface area contributed by atoms with Gasteiger partial charge in [-0.05, 0) is 40.1 Å². The van der Waals surface area contributed by atoms with Crippen LogP contribution < -0.4 is 0 Å². The summed E-state index contributed by atoms with van der Waals surface area (Å²) < 4.78 is 8.41. The number of fused-ring (bicyclic) bond motifs is 1. The third kappa shape index (κ3) is 3.52. The maximum absolute atomic E-state index is 10.2. The molecule has 0 unspecified atom stereocenters. The van der Waals surface area contributed by atoms with Crippen molar-refractivity contribution in [2.24, 2.45) is 11.8 Å². The summed E-state index contributed by atoms with van der Waals surface area (Å²) in [6, 6.07) is 10.7. The molecular formula is C23H27N5O2S. The van der Waals surface area contributed by atoms with Crippen molar-refractivity contribution in [3.63, 3.8) is 0 Å². The molecule has 1 N–H and O–H groups in total. The van der Waals surface area contributed by atoms with Gasteiger partial charge in [-0.1, -0.05) is 12.1 Å². The van der Waals surface area contributed by atoms with Crippen LogP contribution >= 0.6 is 11.3 Å². The Morgan fingerprint density at radius 2 is 1.87 bits per heavy atom. The minimum atomic E-state index is -0.160. The van der Waals surface area contributed by atoms with E-state index in [1.54, 1.807) is 28.7 Å². The normalized spacial score (nSPS) is 30.7. The number of hydrogen-bond donors (Lipinski definition) is 1. The van der Waals surface area contributed by atoms with Gasteiger partial charge < -0.3 is 9.84 Å². The minimum Gasteiger partial charge on any atom is -0.396 e. The van der Waals surface area contributed by atoms with Crippen molar-refractivity contribution in [1.82, 2.24) is 24.6 Å². The van der Waals surface area contributed by atoms with Crippen LogP contribution in [0.4, 0.5) is 0 Å². The van der Waals surface area contributed by atoms with E-state index in [9.17, 15) is 5.11 Å². The van der Waals surface area contributed by atoms with E-state index in [4.69, 9.17) is 4.74 Å². The number of hydrogen-bond acceptors (Lipinski definition) is 7. The van der Waals surface area contributed by atoms with Gasteiger partial charge in [0.25, 0.3) is 0 Å². The minimum absolute atomic E-state index is 0.145. The number of thiophene rings is 1. The Balaban J connectivity index is 1.17. The van der Waals surface area contributed by atoms with E-state index < -0.39 is 0 Å². The van der Waals surface area contributed by atoms with Gasteiger partial charge in [0.15, 0.2) is 0 Å². The first kappa shape index (κ1) is 19.6. The van der Waals surface area contributed by atoms with Gasteiger partial charge in [0, 0.05) is 57.7 Å². The molecule has 0 amide bonds. The molecule has 0 aliphatic carbocycles. The molecule has 5 heterocycles. The van der Waals surface area contributed by atoms with Gasteiger partial charge in [-0.3, -0.25) is 9.80 Å². The summed E-state index contributed by atoms with van der Waals surface area (Å²) in [4.78, 5) is 9.05. The number of morpholine rings is 1. The molecule has 0 radical (unpaired) electrons. The van der Waals surface area contributed by atoms with Crippen LogP contribution in [0.5, 0.6) is 0 Å². The molecule has 162 valence electrons. The number of nitrogens with zero attached hydrogens (tertiary/aromatic N) is 5. The summed E-state index contributed by atoms with van der Waals surface area (Å²) in [6.45, 7) is 5.86. The van der Waals surface area contributed by atoms with E-state index in [1.807, 2.05) is 0 Å². The highest BCUT2D eigenvalue weighted by Gasteiger charge is 2.61. The fourth-order valence-corrected chi connectivity index (χ4v) is 6.52. The fraction of sp³-hybridized carbons (Fsp3) is 0.478. The van der Waals surface area contributed by atoms with Crippen molar-refractivity contribution < 1.29 is 9.84 Å². The van der Waals surface area contributed by atoms with E-state index >= 15 is 0 Å².